The number of carbonyl (C=O) groups excluding carboxylic acids is 1. The minimum Gasteiger partial charge on any atom is -0.345 e. The van der Waals surface area contributed by atoms with Crippen molar-refractivity contribution in [3.63, 3.8) is 0 Å². The zero-order chi connectivity index (χ0) is 25.2. The summed E-state index contributed by atoms with van der Waals surface area (Å²) < 4.78 is 30.6. The van der Waals surface area contributed by atoms with Gasteiger partial charge >= 0.3 is 0 Å². The van der Waals surface area contributed by atoms with E-state index < -0.39 is 11.4 Å². The van der Waals surface area contributed by atoms with Gasteiger partial charge in [0.1, 0.15) is 11.6 Å². The van der Waals surface area contributed by atoms with Crippen molar-refractivity contribution < 1.29 is 13.6 Å². The van der Waals surface area contributed by atoms with E-state index in [1.165, 1.54) is 24.3 Å². The number of benzene rings is 2. The van der Waals surface area contributed by atoms with Gasteiger partial charge in [-0.15, -0.1) is 0 Å². The Kier molecular flexibility index (Phi) is 7.16. The second kappa shape index (κ2) is 10.5. The van der Waals surface area contributed by atoms with E-state index in [2.05, 4.69) is 15.5 Å². The van der Waals surface area contributed by atoms with Gasteiger partial charge in [-0.3, -0.25) is 14.5 Å². The normalized spacial score (nSPS) is 17.3. The number of hydrogen-bond donors (Lipinski definition) is 2. The number of nitrogens with one attached hydrogen (secondary N) is 2. The minimum atomic E-state index is -0.631. The van der Waals surface area contributed by atoms with Crippen molar-refractivity contribution >= 4 is 16.7 Å². The summed E-state index contributed by atoms with van der Waals surface area (Å²) in [4.78, 5) is 29.7. The predicted molar refractivity (Wildman–Crippen MR) is 136 cm³/mol. The van der Waals surface area contributed by atoms with Crippen LogP contribution < -0.4 is 16.2 Å². The molecule has 0 bridgehead atoms. The molecule has 1 aliphatic carbocycles. The lowest BCUT2D eigenvalue weighted by Gasteiger charge is -2.30. The SMILES string of the molecule is CCCn1c(CN2CCNCC2)c(C(=O)NC(c2cccc(F)c2)C2CC2)c2cccc(F)c2c1=O. The number of fused-ring (bicyclic) bond motifs is 1. The Balaban J connectivity index is 1.64. The van der Waals surface area contributed by atoms with Crippen LogP contribution in [0.4, 0.5) is 8.78 Å². The molecule has 8 heteroatoms. The fourth-order valence-electron chi connectivity index (χ4n) is 5.27. The smallest absolute Gasteiger partial charge is 0.261 e. The van der Waals surface area contributed by atoms with Crippen molar-refractivity contribution in [3.8, 4) is 0 Å². The predicted octanol–water partition coefficient (Wildman–Crippen LogP) is 3.98. The van der Waals surface area contributed by atoms with Gasteiger partial charge in [-0.1, -0.05) is 31.2 Å². The number of nitrogens with zero attached hydrogens (tertiary/aromatic N) is 2. The standard InChI is InChI=1S/C28H32F2N4O2/c1-2-13-34-23(17-33-14-11-31-12-15-33)25(21-7-4-8-22(30)24(21)28(34)36)27(35)32-26(18-9-10-18)19-5-3-6-20(29)16-19/h3-8,16,18,26,31H,2,9-15,17H2,1H3,(H,32,35). The lowest BCUT2D eigenvalue weighted by atomic mass is 9.98. The van der Waals surface area contributed by atoms with Crippen LogP contribution in [0.1, 0.15) is 53.8 Å². The van der Waals surface area contributed by atoms with Crippen LogP contribution in [-0.4, -0.2) is 41.6 Å². The Morgan fingerprint density at radius 2 is 1.89 bits per heavy atom. The molecule has 2 aliphatic rings. The van der Waals surface area contributed by atoms with E-state index >= 15 is 4.39 Å². The van der Waals surface area contributed by atoms with E-state index in [0.717, 1.165) is 39.0 Å². The maximum atomic E-state index is 15.0. The van der Waals surface area contributed by atoms with Crippen LogP contribution in [0, 0.1) is 17.6 Å². The lowest BCUT2D eigenvalue weighted by Crippen LogP contribution is -2.44. The molecule has 0 spiro atoms. The minimum absolute atomic E-state index is 0.0612. The summed E-state index contributed by atoms with van der Waals surface area (Å²) in [7, 11) is 0. The lowest BCUT2D eigenvalue weighted by molar-refractivity contribution is 0.0929. The van der Waals surface area contributed by atoms with Gasteiger partial charge in [0.2, 0.25) is 0 Å². The van der Waals surface area contributed by atoms with Gasteiger partial charge in [-0.25, -0.2) is 8.78 Å². The first-order valence-electron chi connectivity index (χ1n) is 12.8. The number of aromatic nitrogens is 1. The fraction of sp³-hybridized carbons (Fsp3) is 0.429. The highest BCUT2D eigenvalue weighted by Crippen LogP contribution is 2.41. The summed E-state index contributed by atoms with van der Waals surface area (Å²) in [6.45, 7) is 5.99. The van der Waals surface area contributed by atoms with Crippen LogP contribution >= 0.6 is 0 Å². The third-order valence-electron chi connectivity index (χ3n) is 7.20. The molecule has 1 aliphatic heterocycles. The largest absolute Gasteiger partial charge is 0.345 e. The van der Waals surface area contributed by atoms with E-state index in [1.807, 2.05) is 13.0 Å². The number of piperazine rings is 1. The summed E-state index contributed by atoms with van der Waals surface area (Å²) in [6.07, 6.45) is 2.56. The van der Waals surface area contributed by atoms with Gasteiger partial charge in [0.25, 0.3) is 11.5 Å². The van der Waals surface area contributed by atoms with E-state index in [-0.39, 0.29) is 29.1 Å². The van der Waals surface area contributed by atoms with Crippen LogP contribution in [0.3, 0.4) is 0 Å². The van der Waals surface area contributed by atoms with Gasteiger partial charge in [-0.2, -0.15) is 0 Å². The second-order valence-corrected chi connectivity index (χ2v) is 9.81. The van der Waals surface area contributed by atoms with Gasteiger partial charge in [0, 0.05) is 50.3 Å². The second-order valence-electron chi connectivity index (χ2n) is 9.81. The molecule has 2 fully saturated rings. The molecule has 1 amide bonds. The average Bonchev–Trinajstić information content (AvgIpc) is 3.71. The van der Waals surface area contributed by atoms with E-state index in [1.54, 1.807) is 16.7 Å². The van der Waals surface area contributed by atoms with Crippen LogP contribution in [0.15, 0.2) is 47.3 Å². The molecule has 1 aromatic heterocycles. The zero-order valence-electron chi connectivity index (χ0n) is 20.5. The van der Waals surface area contributed by atoms with E-state index in [0.29, 0.717) is 41.7 Å². The van der Waals surface area contributed by atoms with Crippen LogP contribution in [-0.2, 0) is 13.1 Å². The first-order valence-corrected chi connectivity index (χ1v) is 12.8. The quantitative estimate of drug-likeness (QED) is 0.497. The summed E-state index contributed by atoms with van der Waals surface area (Å²) >= 11 is 0. The van der Waals surface area contributed by atoms with Gasteiger partial charge in [-0.05, 0) is 48.9 Å². The van der Waals surface area contributed by atoms with Crippen molar-refractivity contribution in [1.29, 1.82) is 0 Å². The van der Waals surface area contributed by atoms with Gasteiger partial charge in [0.15, 0.2) is 0 Å². The summed E-state index contributed by atoms with van der Waals surface area (Å²) in [5.41, 5.74) is 1.24. The Bertz CT molecular complexity index is 1330. The molecular formula is C28H32F2N4O2. The molecule has 0 radical (unpaired) electrons. The number of carbonyl (C=O) groups is 1. The summed E-state index contributed by atoms with van der Waals surface area (Å²) in [5, 5.41) is 6.73. The molecule has 2 N–H and O–H groups in total. The van der Waals surface area contributed by atoms with Gasteiger partial charge < -0.3 is 15.2 Å². The van der Waals surface area contributed by atoms with Crippen molar-refractivity contribution in [3.05, 3.63) is 81.3 Å². The molecular weight excluding hydrogens is 462 g/mol. The highest BCUT2D eigenvalue weighted by atomic mass is 19.1. The van der Waals surface area contributed by atoms with Crippen LogP contribution in [0.25, 0.3) is 10.8 Å². The first-order chi connectivity index (χ1) is 17.5. The van der Waals surface area contributed by atoms with Crippen molar-refractivity contribution in [1.82, 2.24) is 20.1 Å². The average molecular weight is 495 g/mol. The number of halogens is 2. The first kappa shape index (κ1) is 24.6. The van der Waals surface area contributed by atoms with E-state index in [9.17, 15) is 14.0 Å². The molecule has 36 heavy (non-hydrogen) atoms. The number of amides is 1. The molecule has 6 nitrogen and oxygen atoms in total. The van der Waals surface area contributed by atoms with E-state index in [4.69, 9.17) is 0 Å². The topological polar surface area (TPSA) is 66.4 Å². The number of hydrogen-bond acceptors (Lipinski definition) is 4. The molecule has 5 rings (SSSR count). The van der Waals surface area contributed by atoms with Gasteiger partial charge in [0.05, 0.1) is 17.0 Å². The maximum Gasteiger partial charge on any atom is 0.261 e. The molecule has 1 atom stereocenters. The third kappa shape index (κ3) is 4.92. The van der Waals surface area contributed by atoms with Crippen LogP contribution in [0.2, 0.25) is 0 Å². The Morgan fingerprint density at radius 3 is 2.58 bits per heavy atom. The van der Waals surface area contributed by atoms with Crippen LogP contribution in [0.5, 0.6) is 0 Å². The Hall–Kier alpha value is -3.10. The Morgan fingerprint density at radius 1 is 1.14 bits per heavy atom. The molecule has 2 heterocycles. The fourth-order valence-corrected chi connectivity index (χ4v) is 5.27. The molecule has 1 saturated heterocycles. The number of rotatable bonds is 8. The molecule has 1 saturated carbocycles. The molecule has 190 valence electrons. The molecule has 1 unspecified atom stereocenters. The third-order valence-corrected chi connectivity index (χ3v) is 7.20. The highest BCUT2D eigenvalue weighted by Gasteiger charge is 2.35. The summed E-state index contributed by atoms with van der Waals surface area (Å²) in [6, 6.07) is 10.4. The number of pyridine rings is 1. The van der Waals surface area contributed by atoms with Crippen molar-refractivity contribution in [2.75, 3.05) is 26.2 Å². The molecule has 2 aromatic carbocycles. The highest BCUT2D eigenvalue weighted by molar-refractivity contribution is 6.08. The Labute approximate surface area is 209 Å². The monoisotopic (exact) mass is 494 g/mol. The summed E-state index contributed by atoms with van der Waals surface area (Å²) in [5.74, 6) is -1.12. The maximum absolute atomic E-state index is 15.0. The van der Waals surface area contributed by atoms with Crippen molar-refractivity contribution in [2.24, 2.45) is 5.92 Å². The van der Waals surface area contributed by atoms with Crippen molar-refractivity contribution in [2.45, 2.75) is 45.3 Å². The zero-order valence-corrected chi connectivity index (χ0v) is 20.5. The molecule has 3 aromatic rings.